The molecular formula is C20H17BrN2O3. The number of hydrazone groups is 1. The third-order valence-corrected chi connectivity index (χ3v) is 4.15. The van der Waals surface area contributed by atoms with Crippen LogP contribution in [0, 0.1) is 0 Å². The normalized spacial score (nSPS) is 10.8. The number of amides is 1. The number of halogens is 1. The summed E-state index contributed by atoms with van der Waals surface area (Å²) in [5, 5.41) is 6.25. The lowest BCUT2D eigenvalue weighted by atomic mass is 10.1. The summed E-state index contributed by atoms with van der Waals surface area (Å²) in [6.07, 6.45) is 1.60. The Kier molecular flexibility index (Phi) is 5.86. The predicted octanol–water partition coefficient (Wildman–Crippen LogP) is 4.14. The third-order valence-electron chi connectivity index (χ3n) is 3.66. The molecule has 0 spiro atoms. The molecule has 3 aromatic rings. The molecule has 0 radical (unpaired) electrons. The van der Waals surface area contributed by atoms with E-state index >= 15 is 0 Å². The molecule has 6 heteroatoms. The number of methoxy groups -OCH3 is 1. The first-order valence-electron chi connectivity index (χ1n) is 7.93. The van der Waals surface area contributed by atoms with Crippen LogP contribution in [-0.4, -0.2) is 25.8 Å². The number of ether oxygens (including phenoxy) is 2. The Morgan fingerprint density at radius 2 is 1.88 bits per heavy atom. The second-order valence-corrected chi connectivity index (χ2v) is 6.40. The SMILES string of the molecule is COc1cc(Br)ccc1OCC(=O)NN=Cc1ccc2ccccc2c1. The highest BCUT2D eigenvalue weighted by Crippen LogP contribution is 2.30. The molecule has 132 valence electrons. The van der Waals surface area contributed by atoms with Crippen LogP contribution in [0.25, 0.3) is 10.8 Å². The minimum absolute atomic E-state index is 0.160. The number of hydrogen-bond acceptors (Lipinski definition) is 4. The number of benzene rings is 3. The lowest BCUT2D eigenvalue weighted by molar-refractivity contribution is -0.123. The number of rotatable bonds is 6. The molecule has 0 saturated carbocycles. The van der Waals surface area contributed by atoms with Gasteiger partial charge in [0.05, 0.1) is 13.3 Å². The molecule has 0 heterocycles. The number of carbonyl (C=O) groups excluding carboxylic acids is 1. The van der Waals surface area contributed by atoms with Gasteiger partial charge in [0, 0.05) is 4.47 Å². The van der Waals surface area contributed by atoms with Crippen LogP contribution in [0.15, 0.2) is 70.2 Å². The summed E-state index contributed by atoms with van der Waals surface area (Å²) in [6.45, 7) is -0.160. The molecule has 1 amide bonds. The van der Waals surface area contributed by atoms with Crippen molar-refractivity contribution in [2.75, 3.05) is 13.7 Å². The summed E-state index contributed by atoms with van der Waals surface area (Å²) >= 11 is 3.35. The van der Waals surface area contributed by atoms with Gasteiger partial charge in [-0.15, -0.1) is 0 Å². The molecule has 26 heavy (non-hydrogen) atoms. The quantitative estimate of drug-likeness (QED) is 0.488. The van der Waals surface area contributed by atoms with Gasteiger partial charge in [0.2, 0.25) is 0 Å². The molecule has 0 saturated heterocycles. The number of nitrogens with one attached hydrogen (secondary N) is 1. The van der Waals surface area contributed by atoms with Crippen LogP contribution >= 0.6 is 15.9 Å². The topological polar surface area (TPSA) is 59.9 Å². The maximum atomic E-state index is 11.9. The zero-order chi connectivity index (χ0) is 18.4. The van der Waals surface area contributed by atoms with Gasteiger partial charge in [-0.05, 0) is 40.6 Å². The summed E-state index contributed by atoms with van der Waals surface area (Å²) in [4.78, 5) is 11.9. The van der Waals surface area contributed by atoms with E-state index in [1.54, 1.807) is 25.5 Å². The van der Waals surface area contributed by atoms with Crippen LogP contribution < -0.4 is 14.9 Å². The average Bonchev–Trinajstić information content (AvgIpc) is 2.66. The van der Waals surface area contributed by atoms with Crippen molar-refractivity contribution >= 4 is 38.8 Å². The van der Waals surface area contributed by atoms with Gasteiger partial charge in [-0.1, -0.05) is 52.3 Å². The summed E-state index contributed by atoms with van der Waals surface area (Å²) in [6, 6.07) is 19.3. The Hall–Kier alpha value is -2.86. The first kappa shape index (κ1) is 17.9. The van der Waals surface area contributed by atoms with Gasteiger partial charge in [-0.3, -0.25) is 4.79 Å². The summed E-state index contributed by atoms with van der Waals surface area (Å²) in [7, 11) is 1.54. The van der Waals surface area contributed by atoms with E-state index in [-0.39, 0.29) is 12.5 Å². The fourth-order valence-corrected chi connectivity index (χ4v) is 2.74. The first-order valence-corrected chi connectivity index (χ1v) is 8.72. The monoisotopic (exact) mass is 412 g/mol. The molecule has 0 aromatic heterocycles. The largest absolute Gasteiger partial charge is 0.493 e. The van der Waals surface area contributed by atoms with Crippen molar-refractivity contribution < 1.29 is 14.3 Å². The zero-order valence-electron chi connectivity index (χ0n) is 14.1. The van der Waals surface area contributed by atoms with Crippen molar-refractivity contribution in [3.05, 3.63) is 70.7 Å². The predicted molar refractivity (Wildman–Crippen MR) is 106 cm³/mol. The van der Waals surface area contributed by atoms with E-state index in [2.05, 4.69) is 26.5 Å². The Balaban J connectivity index is 1.55. The Labute approximate surface area is 159 Å². The maximum absolute atomic E-state index is 11.9. The van der Waals surface area contributed by atoms with Crippen LogP contribution in [0.4, 0.5) is 0 Å². The minimum Gasteiger partial charge on any atom is -0.493 e. The van der Waals surface area contributed by atoms with Gasteiger partial charge < -0.3 is 9.47 Å². The highest BCUT2D eigenvalue weighted by Gasteiger charge is 2.07. The highest BCUT2D eigenvalue weighted by atomic mass is 79.9. The molecule has 0 atom stereocenters. The Morgan fingerprint density at radius 3 is 2.69 bits per heavy atom. The summed E-state index contributed by atoms with van der Waals surface area (Å²) < 4.78 is 11.6. The van der Waals surface area contributed by atoms with Crippen molar-refractivity contribution in [2.45, 2.75) is 0 Å². The van der Waals surface area contributed by atoms with E-state index in [0.717, 1.165) is 20.8 Å². The minimum atomic E-state index is -0.355. The molecule has 5 nitrogen and oxygen atoms in total. The van der Waals surface area contributed by atoms with Gasteiger partial charge in [0.1, 0.15) is 0 Å². The van der Waals surface area contributed by atoms with E-state index in [1.165, 1.54) is 0 Å². The van der Waals surface area contributed by atoms with Crippen molar-refractivity contribution in [2.24, 2.45) is 5.10 Å². The number of carbonyl (C=O) groups is 1. The van der Waals surface area contributed by atoms with E-state index in [1.807, 2.05) is 48.5 Å². The maximum Gasteiger partial charge on any atom is 0.277 e. The van der Waals surface area contributed by atoms with Crippen molar-refractivity contribution in [1.82, 2.24) is 5.43 Å². The highest BCUT2D eigenvalue weighted by molar-refractivity contribution is 9.10. The fraction of sp³-hybridized carbons (Fsp3) is 0.100. The second-order valence-electron chi connectivity index (χ2n) is 5.48. The van der Waals surface area contributed by atoms with Crippen LogP contribution in [0.1, 0.15) is 5.56 Å². The zero-order valence-corrected chi connectivity index (χ0v) is 15.7. The van der Waals surface area contributed by atoms with E-state index < -0.39 is 0 Å². The lowest BCUT2D eigenvalue weighted by Gasteiger charge is -2.10. The molecule has 0 bridgehead atoms. The Bertz CT molecular complexity index is 957. The summed E-state index contributed by atoms with van der Waals surface area (Å²) in [5.41, 5.74) is 3.36. The van der Waals surface area contributed by atoms with E-state index in [4.69, 9.17) is 9.47 Å². The molecule has 1 N–H and O–H groups in total. The molecule has 3 rings (SSSR count). The molecular weight excluding hydrogens is 396 g/mol. The van der Waals surface area contributed by atoms with Crippen LogP contribution in [0.2, 0.25) is 0 Å². The van der Waals surface area contributed by atoms with Gasteiger partial charge in [-0.2, -0.15) is 5.10 Å². The van der Waals surface area contributed by atoms with Crippen molar-refractivity contribution in [3.63, 3.8) is 0 Å². The summed E-state index contributed by atoms with van der Waals surface area (Å²) in [5.74, 6) is 0.684. The van der Waals surface area contributed by atoms with Crippen molar-refractivity contribution in [3.8, 4) is 11.5 Å². The van der Waals surface area contributed by atoms with Gasteiger partial charge in [0.25, 0.3) is 5.91 Å². The van der Waals surface area contributed by atoms with Crippen LogP contribution in [0.3, 0.4) is 0 Å². The van der Waals surface area contributed by atoms with Gasteiger partial charge >= 0.3 is 0 Å². The van der Waals surface area contributed by atoms with E-state index in [9.17, 15) is 4.79 Å². The molecule has 0 aliphatic carbocycles. The molecule has 0 aliphatic heterocycles. The van der Waals surface area contributed by atoms with E-state index in [0.29, 0.717) is 11.5 Å². The van der Waals surface area contributed by atoms with Crippen molar-refractivity contribution in [1.29, 1.82) is 0 Å². The van der Waals surface area contributed by atoms with Crippen LogP contribution in [0.5, 0.6) is 11.5 Å². The second kappa shape index (κ2) is 8.49. The smallest absolute Gasteiger partial charge is 0.277 e. The average molecular weight is 413 g/mol. The standard InChI is InChI=1S/C20H17BrN2O3/c1-25-19-11-17(21)8-9-18(19)26-13-20(24)23-22-12-14-6-7-15-4-2-3-5-16(15)10-14/h2-12H,13H2,1H3,(H,23,24). The fourth-order valence-electron chi connectivity index (χ4n) is 2.40. The molecule has 0 fully saturated rings. The number of hydrogen-bond donors (Lipinski definition) is 1. The van der Waals surface area contributed by atoms with Gasteiger partial charge in [0.15, 0.2) is 18.1 Å². The molecule has 3 aromatic carbocycles. The van der Waals surface area contributed by atoms with Gasteiger partial charge in [-0.25, -0.2) is 5.43 Å². The first-order chi connectivity index (χ1) is 12.7. The third kappa shape index (κ3) is 4.61. The Morgan fingerprint density at radius 1 is 1.08 bits per heavy atom. The number of fused-ring (bicyclic) bond motifs is 1. The number of nitrogens with zero attached hydrogens (tertiary/aromatic N) is 1. The molecule has 0 aliphatic rings. The lowest BCUT2D eigenvalue weighted by Crippen LogP contribution is -2.24. The van der Waals surface area contributed by atoms with Crippen LogP contribution in [-0.2, 0) is 4.79 Å². The molecule has 0 unspecified atom stereocenters.